The predicted octanol–water partition coefficient (Wildman–Crippen LogP) is 3.00. The van der Waals surface area contributed by atoms with Crippen LogP contribution in [0.5, 0.6) is 0 Å². The van der Waals surface area contributed by atoms with Crippen LogP contribution in [0.25, 0.3) is 5.69 Å². The summed E-state index contributed by atoms with van der Waals surface area (Å²) in [4.78, 5) is 10.7. The van der Waals surface area contributed by atoms with E-state index >= 15 is 0 Å². The van der Waals surface area contributed by atoms with E-state index in [4.69, 9.17) is 0 Å². The summed E-state index contributed by atoms with van der Waals surface area (Å²) >= 11 is 1.81. The van der Waals surface area contributed by atoms with Gasteiger partial charge in [-0.1, -0.05) is 6.07 Å². The molecule has 0 aromatic carbocycles. The lowest BCUT2D eigenvalue weighted by Crippen LogP contribution is -2.52. The molecule has 1 fully saturated rings. The van der Waals surface area contributed by atoms with Gasteiger partial charge in [0, 0.05) is 68.3 Å². The third kappa shape index (κ3) is 4.47. The normalized spacial score (nSPS) is 18.8. The second-order valence-electron chi connectivity index (χ2n) is 7.03. The number of aliphatic hydroxyl groups excluding tert-OH is 1. The standard InChI is InChI=1S/C21H26N4OS/c26-12-7-19-15-23(10-11-24(19)17-21-6-3-13-27-21)16-20-5-2-9-25(20)18-4-1-8-22-14-18/h1-6,8-9,13-14,19,26H,7,10-12,15-17H2. The molecule has 6 heteroatoms. The van der Waals surface area contributed by atoms with Gasteiger partial charge in [0.2, 0.25) is 0 Å². The number of pyridine rings is 1. The molecule has 27 heavy (non-hydrogen) atoms. The van der Waals surface area contributed by atoms with E-state index in [-0.39, 0.29) is 6.61 Å². The maximum absolute atomic E-state index is 9.54. The van der Waals surface area contributed by atoms with Gasteiger partial charge in [0.15, 0.2) is 0 Å². The van der Waals surface area contributed by atoms with Gasteiger partial charge in [0.05, 0.1) is 11.9 Å². The molecule has 4 heterocycles. The lowest BCUT2D eigenvalue weighted by Gasteiger charge is -2.41. The van der Waals surface area contributed by atoms with Gasteiger partial charge in [-0.2, -0.15) is 0 Å². The zero-order valence-electron chi connectivity index (χ0n) is 15.4. The van der Waals surface area contributed by atoms with Crippen molar-refractivity contribution < 1.29 is 5.11 Å². The van der Waals surface area contributed by atoms with Crippen LogP contribution in [0.2, 0.25) is 0 Å². The molecule has 3 aromatic rings. The van der Waals surface area contributed by atoms with Crippen LogP contribution in [0.1, 0.15) is 17.0 Å². The van der Waals surface area contributed by atoms with Crippen molar-refractivity contribution in [3.8, 4) is 5.69 Å². The quantitative estimate of drug-likeness (QED) is 0.682. The second-order valence-corrected chi connectivity index (χ2v) is 8.06. The molecule has 0 amide bonds. The van der Waals surface area contributed by atoms with E-state index < -0.39 is 0 Å². The van der Waals surface area contributed by atoms with Crippen LogP contribution in [0, 0.1) is 0 Å². The highest BCUT2D eigenvalue weighted by atomic mass is 32.1. The lowest BCUT2D eigenvalue weighted by atomic mass is 10.1. The SMILES string of the molecule is OCCC1CN(Cc2cccn2-c2cccnc2)CCN1Cc1cccs1. The average Bonchev–Trinajstić information content (AvgIpc) is 3.37. The molecule has 142 valence electrons. The number of rotatable bonds is 7. The van der Waals surface area contributed by atoms with Crippen LogP contribution < -0.4 is 0 Å². The van der Waals surface area contributed by atoms with Gasteiger partial charge in [0.25, 0.3) is 0 Å². The molecule has 3 aromatic heterocycles. The number of piperazine rings is 1. The van der Waals surface area contributed by atoms with E-state index in [0.29, 0.717) is 6.04 Å². The first-order valence-corrected chi connectivity index (χ1v) is 10.4. The molecule has 5 nitrogen and oxygen atoms in total. The van der Waals surface area contributed by atoms with E-state index in [0.717, 1.165) is 44.8 Å². The molecule has 1 N–H and O–H groups in total. The fourth-order valence-corrected chi connectivity index (χ4v) is 4.59. The Morgan fingerprint density at radius 2 is 2.07 bits per heavy atom. The van der Waals surface area contributed by atoms with Gasteiger partial charge in [-0.3, -0.25) is 14.8 Å². The number of hydrogen-bond acceptors (Lipinski definition) is 5. The summed E-state index contributed by atoms with van der Waals surface area (Å²) in [7, 11) is 0. The number of aromatic nitrogens is 2. The Hall–Kier alpha value is -1.99. The number of thiophene rings is 1. The first-order valence-electron chi connectivity index (χ1n) is 9.50. The molecule has 1 saturated heterocycles. The fraction of sp³-hybridized carbons (Fsp3) is 0.381. The summed E-state index contributed by atoms with van der Waals surface area (Å²) in [6.45, 7) is 5.22. The minimum absolute atomic E-state index is 0.242. The smallest absolute Gasteiger partial charge is 0.0636 e. The van der Waals surface area contributed by atoms with Crippen molar-refractivity contribution in [1.82, 2.24) is 19.4 Å². The number of aliphatic hydroxyl groups is 1. The average molecular weight is 383 g/mol. The van der Waals surface area contributed by atoms with Crippen LogP contribution in [0.15, 0.2) is 60.4 Å². The number of nitrogens with zero attached hydrogens (tertiary/aromatic N) is 4. The molecule has 1 aliphatic rings. The van der Waals surface area contributed by atoms with E-state index in [9.17, 15) is 5.11 Å². The predicted molar refractivity (Wildman–Crippen MR) is 109 cm³/mol. The molecule has 1 aliphatic heterocycles. The Kier molecular flexibility index (Phi) is 5.99. The van der Waals surface area contributed by atoms with Crippen LogP contribution in [-0.2, 0) is 13.1 Å². The van der Waals surface area contributed by atoms with Gasteiger partial charge >= 0.3 is 0 Å². The summed E-state index contributed by atoms with van der Waals surface area (Å²) in [5.41, 5.74) is 2.37. The zero-order valence-corrected chi connectivity index (χ0v) is 16.3. The lowest BCUT2D eigenvalue weighted by molar-refractivity contribution is 0.0498. The molecule has 0 spiro atoms. The molecule has 4 rings (SSSR count). The van der Waals surface area contributed by atoms with Gasteiger partial charge in [0.1, 0.15) is 0 Å². The van der Waals surface area contributed by atoms with Crippen molar-refractivity contribution >= 4 is 11.3 Å². The maximum Gasteiger partial charge on any atom is 0.0636 e. The first kappa shape index (κ1) is 18.4. The van der Waals surface area contributed by atoms with Crippen molar-refractivity contribution in [2.24, 2.45) is 0 Å². The third-order valence-electron chi connectivity index (χ3n) is 5.23. The summed E-state index contributed by atoms with van der Waals surface area (Å²) in [6.07, 6.45) is 6.63. The van der Waals surface area contributed by atoms with Crippen LogP contribution in [0.3, 0.4) is 0 Å². The second kappa shape index (κ2) is 8.80. The monoisotopic (exact) mass is 382 g/mol. The number of hydrogen-bond donors (Lipinski definition) is 1. The summed E-state index contributed by atoms with van der Waals surface area (Å²) in [6, 6.07) is 13.1. The maximum atomic E-state index is 9.54. The first-order chi connectivity index (χ1) is 13.3. The van der Waals surface area contributed by atoms with Gasteiger partial charge in [-0.25, -0.2) is 0 Å². The van der Waals surface area contributed by atoms with Gasteiger partial charge in [-0.15, -0.1) is 11.3 Å². The van der Waals surface area contributed by atoms with E-state index in [1.54, 1.807) is 6.20 Å². The highest BCUT2D eigenvalue weighted by molar-refractivity contribution is 7.09. The molecule has 0 saturated carbocycles. The topological polar surface area (TPSA) is 44.5 Å². The Bertz CT molecular complexity index is 818. The largest absolute Gasteiger partial charge is 0.396 e. The van der Waals surface area contributed by atoms with Crippen molar-refractivity contribution in [2.45, 2.75) is 25.6 Å². The van der Waals surface area contributed by atoms with E-state index in [1.165, 1.54) is 10.6 Å². The van der Waals surface area contributed by atoms with Crippen molar-refractivity contribution in [1.29, 1.82) is 0 Å². The Balaban J connectivity index is 1.43. The van der Waals surface area contributed by atoms with E-state index in [1.807, 2.05) is 23.6 Å². The van der Waals surface area contributed by atoms with Gasteiger partial charge < -0.3 is 9.67 Å². The fourth-order valence-electron chi connectivity index (χ4n) is 3.86. The molecular formula is C21H26N4OS. The van der Waals surface area contributed by atoms with Crippen LogP contribution >= 0.6 is 11.3 Å². The highest BCUT2D eigenvalue weighted by Gasteiger charge is 2.27. The van der Waals surface area contributed by atoms with Crippen LogP contribution in [0.4, 0.5) is 0 Å². The van der Waals surface area contributed by atoms with Gasteiger partial charge in [-0.05, 0) is 42.1 Å². The third-order valence-corrected chi connectivity index (χ3v) is 6.09. The Morgan fingerprint density at radius 1 is 1.11 bits per heavy atom. The summed E-state index contributed by atoms with van der Waals surface area (Å²) in [5, 5.41) is 11.7. The molecule has 0 radical (unpaired) electrons. The molecule has 1 unspecified atom stereocenters. The minimum atomic E-state index is 0.242. The molecule has 0 bridgehead atoms. The van der Waals surface area contributed by atoms with Crippen molar-refractivity contribution in [3.05, 3.63) is 70.9 Å². The van der Waals surface area contributed by atoms with Crippen molar-refractivity contribution in [2.75, 3.05) is 26.2 Å². The summed E-state index contributed by atoms with van der Waals surface area (Å²) in [5.74, 6) is 0. The van der Waals surface area contributed by atoms with Crippen molar-refractivity contribution in [3.63, 3.8) is 0 Å². The molecule has 1 atom stereocenters. The minimum Gasteiger partial charge on any atom is -0.396 e. The van der Waals surface area contributed by atoms with Crippen LogP contribution in [-0.4, -0.2) is 56.7 Å². The summed E-state index contributed by atoms with van der Waals surface area (Å²) < 4.78 is 2.21. The van der Waals surface area contributed by atoms with E-state index in [2.05, 4.69) is 61.3 Å². The molecular weight excluding hydrogens is 356 g/mol. The zero-order chi connectivity index (χ0) is 18.5. The molecule has 0 aliphatic carbocycles. The Morgan fingerprint density at radius 3 is 2.85 bits per heavy atom. The Labute approximate surface area is 164 Å². The highest BCUT2D eigenvalue weighted by Crippen LogP contribution is 2.21.